The van der Waals surface area contributed by atoms with Crippen LogP contribution in [0.1, 0.15) is 28.3 Å². The van der Waals surface area contributed by atoms with Gasteiger partial charge in [-0.1, -0.05) is 12.1 Å². The summed E-state index contributed by atoms with van der Waals surface area (Å²) in [6.07, 6.45) is 1.84. The summed E-state index contributed by atoms with van der Waals surface area (Å²) in [5, 5.41) is 0. The zero-order valence-electron chi connectivity index (χ0n) is 16.0. The molecule has 0 spiro atoms. The van der Waals surface area contributed by atoms with Gasteiger partial charge in [0.15, 0.2) is 0 Å². The second-order valence-corrected chi connectivity index (χ2v) is 6.96. The Bertz CT molecular complexity index is 1050. The van der Waals surface area contributed by atoms with Crippen molar-refractivity contribution in [1.82, 2.24) is 24.4 Å². The molecule has 1 aliphatic heterocycles. The minimum Gasteiger partial charge on any atom is -0.488 e. The van der Waals surface area contributed by atoms with E-state index in [1.807, 2.05) is 6.92 Å². The van der Waals surface area contributed by atoms with Gasteiger partial charge in [0.05, 0.1) is 42.2 Å². The Morgan fingerprint density at radius 2 is 1.90 bits per heavy atom. The Kier molecular flexibility index (Phi) is 5.15. The van der Waals surface area contributed by atoms with Gasteiger partial charge in [-0.15, -0.1) is 0 Å². The average Bonchev–Trinajstić information content (AvgIpc) is 3.36. The van der Waals surface area contributed by atoms with Crippen LogP contribution in [0.4, 0.5) is 13.2 Å². The zero-order valence-corrected chi connectivity index (χ0v) is 16.0. The molecule has 1 amide bonds. The van der Waals surface area contributed by atoms with Gasteiger partial charge < -0.3 is 14.2 Å². The van der Waals surface area contributed by atoms with Crippen LogP contribution in [0.25, 0.3) is 5.69 Å². The number of hydrogen-bond donors (Lipinski definition) is 0. The molecule has 2 aromatic heterocycles. The van der Waals surface area contributed by atoms with E-state index in [0.29, 0.717) is 18.7 Å². The summed E-state index contributed by atoms with van der Waals surface area (Å²) in [5.74, 6) is -0.606. The summed E-state index contributed by atoms with van der Waals surface area (Å²) in [4.78, 5) is 26.5. The summed E-state index contributed by atoms with van der Waals surface area (Å²) in [6.45, 7) is 2.37. The van der Waals surface area contributed by atoms with Crippen molar-refractivity contribution in [2.45, 2.75) is 25.6 Å². The SMILES string of the molecule is Cc1cn(-c2cnc(C(=O)N3CC[C@H](Oc4ccccc4C(F)(F)F)C3)nc2)cn1. The lowest BCUT2D eigenvalue weighted by atomic mass is 10.2. The van der Waals surface area contributed by atoms with E-state index in [9.17, 15) is 18.0 Å². The number of rotatable bonds is 4. The van der Waals surface area contributed by atoms with Crippen molar-refractivity contribution in [1.29, 1.82) is 0 Å². The number of alkyl halides is 3. The molecule has 1 fully saturated rings. The van der Waals surface area contributed by atoms with Crippen LogP contribution in [0.5, 0.6) is 5.75 Å². The number of halogens is 3. The van der Waals surface area contributed by atoms with E-state index in [1.54, 1.807) is 17.1 Å². The highest BCUT2D eigenvalue weighted by Crippen LogP contribution is 2.36. The molecule has 7 nitrogen and oxygen atoms in total. The fraction of sp³-hybridized carbons (Fsp3) is 0.300. The van der Waals surface area contributed by atoms with Crippen LogP contribution in [-0.2, 0) is 6.18 Å². The van der Waals surface area contributed by atoms with Gasteiger partial charge in [-0.25, -0.2) is 15.0 Å². The minimum absolute atomic E-state index is 0.0203. The number of para-hydroxylation sites is 1. The summed E-state index contributed by atoms with van der Waals surface area (Å²) < 4.78 is 46.7. The first-order chi connectivity index (χ1) is 14.3. The molecule has 0 saturated carbocycles. The molecule has 30 heavy (non-hydrogen) atoms. The lowest BCUT2D eigenvalue weighted by molar-refractivity contribution is -0.139. The molecule has 0 bridgehead atoms. The first-order valence-corrected chi connectivity index (χ1v) is 9.26. The number of benzene rings is 1. The van der Waals surface area contributed by atoms with Gasteiger partial charge in [0, 0.05) is 19.2 Å². The fourth-order valence-electron chi connectivity index (χ4n) is 3.26. The largest absolute Gasteiger partial charge is 0.488 e. The van der Waals surface area contributed by atoms with Crippen molar-refractivity contribution in [3.8, 4) is 11.4 Å². The quantitative estimate of drug-likeness (QED) is 0.652. The third-order valence-electron chi connectivity index (χ3n) is 4.76. The van der Waals surface area contributed by atoms with Gasteiger partial charge >= 0.3 is 6.18 Å². The van der Waals surface area contributed by atoms with E-state index in [2.05, 4.69) is 15.0 Å². The first kappa shape index (κ1) is 19.9. The van der Waals surface area contributed by atoms with Gasteiger partial charge in [0.1, 0.15) is 11.9 Å². The van der Waals surface area contributed by atoms with Crippen LogP contribution in [-0.4, -0.2) is 49.5 Å². The molecule has 0 aliphatic carbocycles. The predicted octanol–water partition coefficient (Wildman–Crippen LogP) is 3.28. The van der Waals surface area contributed by atoms with E-state index < -0.39 is 23.8 Å². The number of imidazole rings is 1. The molecule has 0 unspecified atom stereocenters. The molecular formula is C20H18F3N5O2. The summed E-state index contributed by atoms with van der Waals surface area (Å²) >= 11 is 0. The number of ether oxygens (including phenoxy) is 1. The Morgan fingerprint density at radius 1 is 1.17 bits per heavy atom. The van der Waals surface area contributed by atoms with Crippen LogP contribution in [0, 0.1) is 6.92 Å². The topological polar surface area (TPSA) is 73.1 Å². The second-order valence-electron chi connectivity index (χ2n) is 6.96. The molecule has 156 valence electrons. The number of aryl methyl sites for hydroxylation is 1. The molecular weight excluding hydrogens is 399 g/mol. The highest BCUT2D eigenvalue weighted by Gasteiger charge is 2.36. The van der Waals surface area contributed by atoms with Crippen molar-refractivity contribution in [2.75, 3.05) is 13.1 Å². The number of carbonyl (C=O) groups excluding carboxylic acids is 1. The third kappa shape index (κ3) is 4.12. The highest BCUT2D eigenvalue weighted by atomic mass is 19.4. The first-order valence-electron chi connectivity index (χ1n) is 9.26. The van der Waals surface area contributed by atoms with Crippen LogP contribution < -0.4 is 4.74 Å². The Hall–Kier alpha value is -3.43. The maximum Gasteiger partial charge on any atom is 0.419 e. The molecule has 0 N–H and O–H groups in total. The maximum absolute atomic E-state index is 13.1. The summed E-state index contributed by atoms with van der Waals surface area (Å²) in [5.41, 5.74) is 0.673. The van der Waals surface area contributed by atoms with Crippen molar-refractivity contribution in [3.63, 3.8) is 0 Å². The normalized spacial score (nSPS) is 16.7. The van der Waals surface area contributed by atoms with E-state index in [-0.39, 0.29) is 18.1 Å². The third-order valence-corrected chi connectivity index (χ3v) is 4.76. The molecule has 4 rings (SSSR count). The van der Waals surface area contributed by atoms with Gasteiger partial charge in [0.2, 0.25) is 5.82 Å². The molecule has 1 saturated heterocycles. The van der Waals surface area contributed by atoms with E-state index in [4.69, 9.17) is 4.74 Å². The van der Waals surface area contributed by atoms with E-state index in [0.717, 1.165) is 11.8 Å². The van der Waals surface area contributed by atoms with Crippen molar-refractivity contribution >= 4 is 5.91 Å². The van der Waals surface area contributed by atoms with Gasteiger partial charge in [-0.05, 0) is 19.1 Å². The fourth-order valence-corrected chi connectivity index (χ4v) is 3.26. The molecule has 0 radical (unpaired) electrons. The Morgan fingerprint density at radius 3 is 2.57 bits per heavy atom. The van der Waals surface area contributed by atoms with Crippen LogP contribution >= 0.6 is 0 Å². The van der Waals surface area contributed by atoms with Gasteiger partial charge in [0.25, 0.3) is 5.91 Å². The van der Waals surface area contributed by atoms with Crippen LogP contribution in [0.3, 0.4) is 0 Å². The number of likely N-dealkylation sites (tertiary alicyclic amines) is 1. The molecule has 3 aromatic rings. The van der Waals surface area contributed by atoms with Crippen LogP contribution in [0.15, 0.2) is 49.2 Å². The van der Waals surface area contributed by atoms with E-state index >= 15 is 0 Å². The standard InChI is InChI=1S/C20H18F3N5O2/c1-13-10-28(12-26-13)14-8-24-18(25-9-14)19(29)27-7-6-15(11-27)30-17-5-3-2-4-16(17)20(21,22)23/h2-5,8-10,12,15H,6-7,11H2,1H3/t15-/m0/s1. The lowest BCUT2D eigenvalue weighted by Crippen LogP contribution is -2.32. The zero-order chi connectivity index (χ0) is 21.3. The van der Waals surface area contributed by atoms with Crippen molar-refractivity contribution in [3.05, 3.63) is 66.3 Å². The molecule has 10 heteroatoms. The van der Waals surface area contributed by atoms with Gasteiger partial charge in [-0.2, -0.15) is 13.2 Å². The second kappa shape index (κ2) is 7.77. The Balaban J connectivity index is 1.42. The monoisotopic (exact) mass is 417 g/mol. The van der Waals surface area contributed by atoms with Crippen molar-refractivity contribution in [2.24, 2.45) is 0 Å². The van der Waals surface area contributed by atoms with Gasteiger partial charge in [-0.3, -0.25) is 4.79 Å². The summed E-state index contributed by atoms with van der Waals surface area (Å²) in [7, 11) is 0. The molecule has 1 atom stereocenters. The smallest absolute Gasteiger partial charge is 0.419 e. The molecule has 1 aromatic carbocycles. The number of nitrogens with zero attached hydrogens (tertiary/aromatic N) is 5. The van der Waals surface area contributed by atoms with Crippen LogP contribution in [0.2, 0.25) is 0 Å². The summed E-state index contributed by atoms with van der Waals surface area (Å²) in [6, 6.07) is 5.06. The number of carbonyl (C=O) groups is 1. The number of hydrogen-bond acceptors (Lipinski definition) is 5. The maximum atomic E-state index is 13.1. The molecule has 1 aliphatic rings. The molecule has 3 heterocycles. The van der Waals surface area contributed by atoms with Crippen molar-refractivity contribution < 1.29 is 22.7 Å². The Labute approximate surface area is 170 Å². The lowest BCUT2D eigenvalue weighted by Gasteiger charge is -2.19. The minimum atomic E-state index is -4.51. The highest BCUT2D eigenvalue weighted by molar-refractivity contribution is 5.90. The average molecular weight is 417 g/mol. The predicted molar refractivity (Wildman–Crippen MR) is 100 cm³/mol. The van der Waals surface area contributed by atoms with E-state index in [1.165, 1.54) is 35.5 Å². The number of aromatic nitrogens is 4. The number of amides is 1.